The van der Waals surface area contributed by atoms with Crippen LogP contribution in [0.1, 0.15) is 23.0 Å². The molecule has 2 N–H and O–H groups in total. The number of ether oxygens (including phenoxy) is 1. The van der Waals surface area contributed by atoms with Gasteiger partial charge in [0, 0.05) is 11.9 Å². The van der Waals surface area contributed by atoms with Crippen molar-refractivity contribution in [3.63, 3.8) is 0 Å². The number of carbonyl (C=O) groups is 1. The zero-order valence-corrected chi connectivity index (χ0v) is 13.8. The molecular weight excluding hydrogens is 331 g/mol. The van der Waals surface area contributed by atoms with Gasteiger partial charge in [-0.2, -0.15) is 0 Å². The number of carbonyl (C=O) groups excluding carboxylic acids is 1. The lowest BCUT2D eigenvalue weighted by atomic mass is 10.2. The van der Waals surface area contributed by atoms with E-state index >= 15 is 0 Å². The Labute approximate surface area is 143 Å². The summed E-state index contributed by atoms with van der Waals surface area (Å²) in [5.74, 6) is -1.14. The Bertz CT molecular complexity index is 907. The molecule has 0 unspecified atom stereocenters. The van der Waals surface area contributed by atoms with Crippen molar-refractivity contribution in [2.45, 2.75) is 13.5 Å². The molecule has 0 aliphatic heterocycles. The summed E-state index contributed by atoms with van der Waals surface area (Å²) in [4.78, 5) is 12.4. The standard InChI is InChI=1S/C18H16ClFN2O2/c1-2-24-18(23)17-16(21)14-13(9-8-12(20)15(14)19)22(17)10-11-6-4-3-5-7-11/h3-9H,2,10,21H2,1H3. The number of benzene rings is 2. The van der Waals surface area contributed by atoms with Gasteiger partial charge in [0.25, 0.3) is 0 Å². The number of aromatic nitrogens is 1. The van der Waals surface area contributed by atoms with Gasteiger partial charge in [-0.25, -0.2) is 9.18 Å². The number of esters is 1. The third-order valence-electron chi connectivity index (χ3n) is 3.81. The monoisotopic (exact) mass is 346 g/mol. The predicted molar refractivity (Wildman–Crippen MR) is 92.8 cm³/mol. The van der Waals surface area contributed by atoms with Crippen molar-refractivity contribution in [3.05, 3.63) is 64.6 Å². The largest absolute Gasteiger partial charge is 0.461 e. The lowest BCUT2D eigenvalue weighted by molar-refractivity contribution is 0.0516. The average molecular weight is 347 g/mol. The number of hydrogen-bond acceptors (Lipinski definition) is 3. The fourth-order valence-corrected chi connectivity index (χ4v) is 3.02. The molecule has 0 radical (unpaired) electrons. The van der Waals surface area contributed by atoms with Gasteiger partial charge >= 0.3 is 5.97 Å². The normalized spacial score (nSPS) is 11.0. The maximum atomic E-state index is 13.8. The summed E-state index contributed by atoms with van der Waals surface area (Å²) in [5, 5.41) is 0.234. The van der Waals surface area contributed by atoms with Crippen LogP contribution in [0.4, 0.5) is 10.1 Å². The van der Waals surface area contributed by atoms with E-state index in [0.717, 1.165) is 5.56 Å². The Morgan fingerprint density at radius 1 is 1.25 bits per heavy atom. The second kappa shape index (κ2) is 6.53. The Kier molecular flexibility index (Phi) is 4.44. The number of nitrogens with two attached hydrogens (primary N) is 1. The second-order valence-corrected chi connectivity index (χ2v) is 5.69. The highest BCUT2D eigenvalue weighted by atomic mass is 35.5. The minimum atomic E-state index is -0.580. The molecule has 3 rings (SSSR count). The lowest BCUT2D eigenvalue weighted by Gasteiger charge is -2.10. The molecule has 4 nitrogen and oxygen atoms in total. The smallest absolute Gasteiger partial charge is 0.357 e. The molecule has 0 spiro atoms. The van der Waals surface area contributed by atoms with Gasteiger partial charge in [0.2, 0.25) is 0 Å². The molecule has 0 amide bonds. The van der Waals surface area contributed by atoms with Crippen LogP contribution in [0.2, 0.25) is 5.02 Å². The Hall–Kier alpha value is -2.53. The van der Waals surface area contributed by atoms with Gasteiger partial charge in [0.15, 0.2) is 5.69 Å². The van der Waals surface area contributed by atoms with E-state index in [1.807, 2.05) is 30.3 Å². The zero-order chi connectivity index (χ0) is 17.3. The molecule has 0 bridgehead atoms. The van der Waals surface area contributed by atoms with Gasteiger partial charge in [0.05, 0.1) is 22.8 Å². The van der Waals surface area contributed by atoms with E-state index in [1.165, 1.54) is 6.07 Å². The van der Waals surface area contributed by atoms with Crippen LogP contribution in [0.25, 0.3) is 10.9 Å². The number of fused-ring (bicyclic) bond motifs is 1. The van der Waals surface area contributed by atoms with Crippen molar-refractivity contribution in [1.29, 1.82) is 0 Å². The fraction of sp³-hybridized carbons (Fsp3) is 0.167. The Balaban J connectivity index is 2.26. The molecule has 0 saturated heterocycles. The third kappa shape index (κ3) is 2.71. The van der Waals surface area contributed by atoms with Gasteiger partial charge in [-0.3, -0.25) is 0 Å². The van der Waals surface area contributed by atoms with E-state index in [1.54, 1.807) is 17.6 Å². The molecule has 0 aliphatic rings. The molecule has 6 heteroatoms. The minimum Gasteiger partial charge on any atom is -0.461 e. The number of halogens is 2. The van der Waals surface area contributed by atoms with Gasteiger partial charge < -0.3 is 15.0 Å². The first kappa shape index (κ1) is 16.3. The van der Waals surface area contributed by atoms with Crippen LogP contribution in [0.5, 0.6) is 0 Å². The molecule has 1 heterocycles. The maximum Gasteiger partial charge on any atom is 0.357 e. The summed E-state index contributed by atoms with van der Waals surface area (Å²) in [6.07, 6.45) is 0. The Morgan fingerprint density at radius 2 is 1.96 bits per heavy atom. The minimum absolute atomic E-state index is 0.0950. The predicted octanol–water partition coefficient (Wildman–Crippen LogP) is 4.24. The van der Waals surface area contributed by atoms with Crippen molar-refractivity contribution < 1.29 is 13.9 Å². The number of anilines is 1. The van der Waals surface area contributed by atoms with E-state index < -0.39 is 11.8 Å². The quantitative estimate of drug-likeness (QED) is 0.719. The molecule has 1 aromatic heterocycles. The summed E-state index contributed by atoms with van der Waals surface area (Å²) < 4.78 is 20.7. The fourth-order valence-electron chi connectivity index (χ4n) is 2.76. The van der Waals surface area contributed by atoms with E-state index in [4.69, 9.17) is 22.1 Å². The summed E-state index contributed by atoms with van der Waals surface area (Å²) in [6, 6.07) is 12.4. The van der Waals surface area contributed by atoms with Crippen molar-refractivity contribution in [2.24, 2.45) is 0 Å². The van der Waals surface area contributed by atoms with E-state index in [0.29, 0.717) is 17.4 Å². The summed E-state index contributed by atoms with van der Waals surface area (Å²) in [6.45, 7) is 2.32. The number of rotatable bonds is 4. The molecule has 0 fully saturated rings. The van der Waals surface area contributed by atoms with Crippen LogP contribution in [0, 0.1) is 5.82 Å². The second-order valence-electron chi connectivity index (χ2n) is 5.31. The highest BCUT2D eigenvalue weighted by molar-refractivity contribution is 6.37. The van der Waals surface area contributed by atoms with E-state index in [-0.39, 0.29) is 23.0 Å². The van der Waals surface area contributed by atoms with Crippen LogP contribution >= 0.6 is 11.6 Å². The first-order chi connectivity index (χ1) is 11.5. The highest BCUT2D eigenvalue weighted by Gasteiger charge is 2.25. The SMILES string of the molecule is CCOC(=O)c1c(N)c2c(Cl)c(F)ccc2n1Cc1ccccc1. The molecule has 0 aliphatic carbocycles. The van der Waals surface area contributed by atoms with Crippen LogP contribution in [0.15, 0.2) is 42.5 Å². The molecule has 124 valence electrons. The average Bonchev–Trinajstić information content (AvgIpc) is 2.85. The molecule has 2 aromatic carbocycles. The highest BCUT2D eigenvalue weighted by Crippen LogP contribution is 2.36. The van der Waals surface area contributed by atoms with Crippen LogP contribution in [0.3, 0.4) is 0 Å². The van der Waals surface area contributed by atoms with Crippen molar-refractivity contribution >= 4 is 34.2 Å². The van der Waals surface area contributed by atoms with Gasteiger partial charge in [-0.1, -0.05) is 41.9 Å². The van der Waals surface area contributed by atoms with Crippen molar-refractivity contribution in [3.8, 4) is 0 Å². The third-order valence-corrected chi connectivity index (χ3v) is 4.18. The van der Waals surface area contributed by atoms with Crippen molar-refractivity contribution in [1.82, 2.24) is 4.57 Å². The van der Waals surface area contributed by atoms with Crippen LogP contribution in [-0.2, 0) is 11.3 Å². The lowest BCUT2D eigenvalue weighted by Crippen LogP contribution is -2.14. The van der Waals surface area contributed by atoms with Crippen LogP contribution < -0.4 is 5.73 Å². The first-order valence-electron chi connectivity index (χ1n) is 7.51. The number of hydrogen-bond donors (Lipinski definition) is 1. The summed E-state index contributed by atoms with van der Waals surface area (Å²) in [7, 11) is 0. The number of nitrogens with zero attached hydrogens (tertiary/aromatic N) is 1. The van der Waals surface area contributed by atoms with E-state index in [2.05, 4.69) is 0 Å². The molecule has 3 aromatic rings. The topological polar surface area (TPSA) is 57.2 Å². The summed E-state index contributed by atoms with van der Waals surface area (Å²) >= 11 is 6.08. The van der Waals surface area contributed by atoms with Crippen molar-refractivity contribution in [2.75, 3.05) is 12.3 Å². The molecular formula is C18H16ClFN2O2. The van der Waals surface area contributed by atoms with Crippen LogP contribution in [-0.4, -0.2) is 17.1 Å². The zero-order valence-electron chi connectivity index (χ0n) is 13.1. The van der Waals surface area contributed by atoms with Gasteiger partial charge in [0.1, 0.15) is 5.82 Å². The first-order valence-corrected chi connectivity index (χ1v) is 7.89. The summed E-state index contributed by atoms with van der Waals surface area (Å²) in [5.41, 5.74) is 7.99. The van der Waals surface area contributed by atoms with E-state index in [9.17, 15) is 9.18 Å². The molecule has 24 heavy (non-hydrogen) atoms. The Morgan fingerprint density at radius 3 is 2.62 bits per heavy atom. The van der Waals surface area contributed by atoms with Gasteiger partial charge in [-0.05, 0) is 24.6 Å². The number of nitrogen functional groups attached to an aromatic ring is 1. The van der Waals surface area contributed by atoms with Gasteiger partial charge in [-0.15, -0.1) is 0 Å². The maximum absolute atomic E-state index is 13.8. The molecule has 0 atom stereocenters. The molecule has 0 saturated carbocycles.